The molecule has 0 radical (unpaired) electrons. The van der Waals surface area contributed by atoms with Gasteiger partial charge in [0.15, 0.2) is 5.65 Å². The van der Waals surface area contributed by atoms with E-state index in [1.807, 2.05) is 16.8 Å². The van der Waals surface area contributed by atoms with Crippen LogP contribution in [0.3, 0.4) is 0 Å². The second-order valence-corrected chi connectivity index (χ2v) is 7.61. The quantitative estimate of drug-likeness (QED) is 0.798. The molecule has 2 unspecified atom stereocenters. The average molecular weight is 350 g/mol. The molecule has 2 atom stereocenters. The zero-order valence-corrected chi connectivity index (χ0v) is 15.2. The van der Waals surface area contributed by atoms with Gasteiger partial charge < -0.3 is 4.98 Å². The molecule has 2 fully saturated rings. The summed E-state index contributed by atoms with van der Waals surface area (Å²) in [6, 6.07) is 0.266. The van der Waals surface area contributed by atoms with Crippen LogP contribution in [0.25, 0.3) is 11.0 Å². The molecule has 2 aliphatic carbocycles. The normalized spacial score (nSPS) is 23.9. The fourth-order valence-corrected chi connectivity index (χ4v) is 4.14. The van der Waals surface area contributed by atoms with Gasteiger partial charge in [-0.3, -0.25) is 4.79 Å². The number of fused-ring (bicyclic) bond motifs is 1. The van der Waals surface area contributed by atoms with Crippen molar-refractivity contribution >= 4 is 11.0 Å². The van der Waals surface area contributed by atoms with Crippen molar-refractivity contribution < 1.29 is 0 Å². The molecule has 4 rings (SSSR count). The van der Waals surface area contributed by atoms with Crippen LogP contribution < -0.4 is 5.56 Å². The Kier molecular flexibility index (Phi) is 4.62. The van der Waals surface area contributed by atoms with E-state index in [-0.39, 0.29) is 11.6 Å². The van der Waals surface area contributed by atoms with Crippen molar-refractivity contribution in [3.8, 4) is 0 Å². The second kappa shape index (κ2) is 7.06. The highest BCUT2D eigenvalue weighted by molar-refractivity contribution is 5.73. The number of H-pyrrole nitrogens is 1. The molecular formula is C21H26N4O. The Morgan fingerprint density at radius 3 is 2.88 bits per heavy atom. The minimum Gasteiger partial charge on any atom is -0.310 e. The second-order valence-electron chi connectivity index (χ2n) is 7.61. The van der Waals surface area contributed by atoms with Crippen LogP contribution in [0.5, 0.6) is 0 Å². The number of rotatable bonds is 6. The monoisotopic (exact) mass is 350 g/mol. The van der Waals surface area contributed by atoms with Gasteiger partial charge in [0.05, 0.1) is 12.2 Å². The van der Waals surface area contributed by atoms with Crippen LogP contribution in [0.15, 0.2) is 48.0 Å². The Morgan fingerprint density at radius 2 is 2.15 bits per heavy atom. The van der Waals surface area contributed by atoms with E-state index >= 15 is 0 Å². The van der Waals surface area contributed by atoms with Crippen molar-refractivity contribution in [1.82, 2.24) is 19.7 Å². The Bertz CT molecular complexity index is 916. The molecule has 2 heterocycles. The molecule has 5 heteroatoms. The van der Waals surface area contributed by atoms with Gasteiger partial charge in [0.1, 0.15) is 11.2 Å². The first-order chi connectivity index (χ1) is 12.7. The molecule has 136 valence electrons. The van der Waals surface area contributed by atoms with E-state index in [9.17, 15) is 4.79 Å². The van der Waals surface area contributed by atoms with Crippen LogP contribution in [0, 0.1) is 11.8 Å². The molecule has 0 amide bonds. The summed E-state index contributed by atoms with van der Waals surface area (Å²) in [6.07, 6.45) is 15.2. The maximum absolute atomic E-state index is 12.4. The number of hydrogen-bond donors (Lipinski definition) is 1. The Balaban J connectivity index is 1.66. The maximum atomic E-state index is 12.4. The summed E-state index contributed by atoms with van der Waals surface area (Å²) in [5.74, 6) is 1.94. The lowest BCUT2D eigenvalue weighted by atomic mass is 9.81. The summed E-state index contributed by atoms with van der Waals surface area (Å²) < 4.78 is 1.99. The predicted molar refractivity (Wildman–Crippen MR) is 104 cm³/mol. The lowest BCUT2D eigenvalue weighted by molar-refractivity contribution is 0.284. The van der Waals surface area contributed by atoms with Crippen LogP contribution in [-0.4, -0.2) is 19.7 Å². The number of hydrogen-bond acceptors (Lipinski definition) is 3. The first-order valence-electron chi connectivity index (χ1n) is 9.61. The van der Waals surface area contributed by atoms with Crippen LogP contribution in [0.1, 0.15) is 50.4 Å². The minimum atomic E-state index is -0.0670. The molecule has 0 aromatic carbocycles. The predicted octanol–water partition coefficient (Wildman–Crippen LogP) is 4.10. The van der Waals surface area contributed by atoms with Crippen molar-refractivity contribution in [2.24, 2.45) is 11.8 Å². The van der Waals surface area contributed by atoms with Gasteiger partial charge in [0, 0.05) is 6.42 Å². The van der Waals surface area contributed by atoms with E-state index in [1.54, 1.807) is 6.20 Å². The summed E-state index contributed by atoms with van der Waals surface area (Å²) in [6.45, 7) is 7.76. The van der Waals surface area contributed by atoms with Crippen LogP contribution in [-0.2, 0) is 6.42 Å². The molecular weight excluding hydrogens is 324 g/mol. The van der Waals surface area contributed by atoms with Crippen LogP contribution >= 0.6 is 0 Å². The van der Waals surface area contributed by atoms with Gasteiger partial charge in [-0.2, -0.15) is 5.10 Å². The molecule has 2 aromatic rings. The van der Waals surface area contributed by atoms with Crippen molar-refractivity contribution in [2.75, 3.05) is 0 Å². The standard InChI is InChI=1S/C21H26N4O/c1-3-6-15(4-2)16-7-5-8-17(12-16)25-20-18(13-22-25)21(26)24-19(23-20)11-14-9-10-14/h3-4,6,13-14,16-17H,1-2,5,7-12H2,(H,23,24,26)/b15-6+. The number of nitrogens with zero attached hydrogens (tertiary/aromatic N) is 3. The van der Waals surface area contributed by atoms with E-state index < -0.39 is 0 Å². The highest BCUT2D eigenvalue weighted by Crippen LogP contribution is 2.37. The van der Waals surface area contributed by atoms with Gasteiger partial charge in [0.2, 0.25) is 0 Å². The van der Waals surface area contributed by atoms with Gasteiger partial charge >= 0.3 is 0 Å². The average Bonchev–Trinajstić information content (AvgIpc) is 3.35. The van der Waals surface area contributed by atoms with Crippen LogP contribution in [0.4, 0.5) is 0 Å². The third-order valence-electron chi connectivity index (χ3n) is 5.70. The summed E-state index contributed by atoms with van der Waals surface area (Å²) in [5, 5.41) is 5.14. The highest BCUT2D eigenvalue weighted by Gasteiger charge is 2.28. The third-order valence-corrected chi connectivity index (χ3v) is 5.70. The van der Waals surface area contributed by atoms with Gasteiger partial charge in [-0.25, -0.2) is 9.67 Å². The molecule has 1 N–H and O–H groups in total. The van der Waals surface area contributed by atoms with Crippen LogP contribution in [0.2, 0.25) is 0 Å². The molecule has 5 nitrogen and oxygen atoms in total. The van der Waals surface area contributed by atoms with Crippen molar-refractivity contribution in [3.05, 3.63) is 59.3 Å². The van der Waals surface area contributed by atoms with Crippen molar-refractivity contribution in [2.45, 2.75) is 51.0 Å². The molecule has 0 spiro atoms. The Labute approximate surface area is 153 Å². The SMILES string of the molecule is C=C/C=C(\C=C)C1CCCC(n2ncc3c(=O)[nH]c(CC4CC4)nc32)C1. The summed E-state index contributed by atoms with van der Waals surface area (Å²) in [7, 11) is 0. The van der Waals surface area contributed by atoms with Gasteiger partial charge in [0.25, 0.3) is 5.56 Å². The fraction of sp³-hybridized carbons (Fsp3) is 0.476. The van der Waals surface area contributed by atoms with Gasteiger partial charge in [-0.05, 0) is 49.5 Å². The van der Waals surface area contributed by atoms with E-state index in [4.69, 9.17) is 4.98 Å². The number of aromatic nitrogens is 4. The molecule has 2 aromatic heterocycles. The fourth-order valence-electron chi connectivity index (χ4n) is 4.14. The first kappa shape index (κ1) is 17.0. The largest absolute Gasteiger partial charge is 0.310 e. The molecule has 2 aliphatic rings. The third kappa shape index (κ3) is 3.30. The lowest BCUT2D eigenvalue weighted by Crippen LogP contribution is -2.22. The summed E-state index contributed by atoms with van der Waals surface area (Å²) in [4.78, 5) is 20.1. The van der Waals surface area contributed by atoms with Gasteiger partial charge in [-0.1, -0.05) is 37.8 Å². The van der Waals surface area contributed by atoms with Crippen molar-refractivity contribution in [3.63, 3.8) is 0 Å². The number of nitrogens with one attached hydrogen (secondary N) is 1. The topological polar surface area (TPSA) is 63.6 Å². The Morgan fingerprint density at radius 1 is 1.31 bits per heavy atom. The number of aromatic amines is 1. The zero-order valence-electron chi connectivity index (χ0n) is 15.2. The summed E-state index contributed by atoms with van der Waals surface area (Å²) >= 11 is 0. The number of allylic oxidation sites excluding steroid dienone is 4. The smallest absolute Gasteiger partial charge is 0.262 e. The van der Waals surface area contributed by atoms with Crippen molar-refractivity contribution in [1.29, 1.82) is 0 Å². The minimum absolute atomic E-state index is 0.0670. The molecule has 26 heavy (non-hydrogen) atoms. The Hall–Kier alpha value is -2.43. The zero-order chi connectivity index (χ0) is 18.1. The molecule has 0 aliphatic heterocycles. The lowest BCUT2D eigenvalue weighted by Gasteiger charge is -2.30. The summed E-state index contributed by atoms with van der Waals surface area (Å²) in [5.41, 5.74) is 1.91. The highest BCUT2D eigenvalue weighted by atomic mass is 16.1. The van der Waals surface area contributed by atoms with E-state index in [0.29, 0.717) is 17.2 Å². The van der Waals surface area contributed by atoms with E-state index in [0.717, 1.165) is 43.6 Å². The van der Waals surface area contributed by atoms with Gasteiger partial charge in [-0.15, -0.1) is 0 Å². The van der Waals surface area contributed by atoms with E-state index in [1.165, 1.54) is 18.4 Å². The first-order valence-corrected chi connectivity index (χ1v) is 9.61. The maximum Gasteiger partial charge on any atom is 0.262 e. The molecule has 0 bridgehead atoms. The van der Waals surface area contributed by atoms with E-state index in [2.05, 4.69) is 29.3 Å². The molecule has 2 saturated carbocycles. The molecule has 0 saturated heterocycles.